The number of nitrogens with zero attached hydrogens (tertiary/aromatic N) is 1. The Morgan fingerprint density at radius 2 is 2.15 bits per heavy atom. The van der Waals surface area contributed by atoms with Gasteiger partial charge in [0.2, 0.25) is 0 Å². The van der Waals surface area contributed by atoms with E-state index in [4.69, 9.17) is 15.2 Å². The van der Waals surface area contributed by atoms with E-state index < -0.39 is 6.10 Å². The molecule has 0 spiro atoms. The first-order valence-corrected chi connectivity index (χ1v) is 7.65. The number of amides is 1. The molecule has 118 valence electrons. The van der Waals surface area contributed by atoms with Gasteiger partial charge in [-0.15, -0.1) is 0 Å². The van der Waals surface area contributed by atoms with Crippen molar-refractivity contribution in [2.45, 2.75) is 58.3 Å². The summed E-state index contributed by atoms with van der Waals surface area (Å²) in [5.74, 6) is 0.450. The van der Waals surface area contributed by atoms with Crippen molar-refractivity contribution in [1.29, 1.82) is 0 Å². The Balaban J connectivity index is 2.24. The molecule has 3 unspecified atom stereocenters. The van der Waals surface area contributed by atoms with Gasteiger partial charge in [0.25, 0.3) is 5.91 Å². The molecule has 1 aliphatic heterocycles. The van der Waals surface area contributed by atoms with E-state index >= 15 is 0 Å². The Labute approximate surface area is 122 Å². The summed E-state index contributed by atoms with van der Waals surface area (Å²) in [5, 5.41) is 0. The molecule has 1 fully saturated rings. The second-order valence-electron chi connectivity index (χ2n) is 6.07. The number of carbonyl (C=O) groups is 1. The van der Waals surface area contributed by atoms with Gasteiger partial charge >= 0.3 is 0 Å². The van der Waals surface area contributed by atoms with Crippen molar-refractivity contribution >= 4 is 5.91 Å². The van der Waals surface area contributed by atoms with Crippen molar-refractivity contribution in [2.75, 3.05) is 26.8 Å². The molecule has 1 amide bonds. The van der Waals surface area contributed by atoms with Crippen LogP contribution >= 0.6 is 0 Å². The van der Waals surface area contributed by atoms with Crippen molar-refractivity contribution in [3.05, 3.63) is 0 Å². The maximum Gasteiger partial charge on any atom is 0.251 e. The molecular formula is C15H30N2O3. The summed E-state index contributed by atoms with van der Waals surface area (Å²) in [5.41, 5.74) is 6.00. The van der Waals surface area contributed by atoms with Gasteiger partial charge in [-0.25, -0.2) is 0 Å². The van der Waals surface area contributed by atoms with E-state index in [0.717, 1.165) is 25.9 Å². The highest BCUT2D eigenvalue weighted by molar-refractivity contribution is 5.80. The number of hydrogen-bond acceptors (Lipinski definition) is 4. The van der Waals surface area contributed by atoms with Gasteiger partial charge in [0.1, 0.15) is 6.10 Å². The van der Waals surface area contributed by atoms with Gasteiger partial charge < -0.3 is 20.1 Å². The topological polar surface area (TPSA) is 64.8 Å². The van der Waals surface area contributed by atoms with E-state index in [1.165, 1.54) is 0 Å². The van der Waals surface area contributed by atoms with Crippen LogP contribution in [0.25, 0.3) is 0 Å². The molecule has 5 nitrogen and oxygen atoms in total. The van der Waals surface area contributed by atoms with Crippen LogP contribution in [-0.4, -0.2) is 55.9 Å². The molecule has 3 atom stereocenters. The van der Waals surface area contributed by atoms with Crippen LogP contribution in [0, 0.1) is 5.92 Å². The minimum atomic E-state index is -0.417. The highest BCUT2D eigenvalue weighted by Gasteiger charge is 2.22. The monoisotopic (exact) mass is 286 g/mol. The third-order valence-corrected chi connectivity index (χ3v) is 3.93. The van der Waals surface area contributed by atoms with Crippen LogP contribution in [0.2, 0.25) is 0 Å². The smallest absolute Gasteiger partial charge is 0.251 e. The lowest BCUT2D eigenvalue weighted by Gasteiger charge is -2.24. The second kappa shape index (κ2) is 8.60. The largest absolute Gasteiger partial charge is 0.376 e. The number of hydrogen-bond donors (Lipinski definition) is 1. The summed E-state index contributed by atoms with van der Waals surface area (Å²) in [6, 6.07) is 0.133. The Kier molecular flexibility index (Phi) is 7.48. The normalized spacial score (nSPS) is 22.0. The van der Waals surface area contributed by atoms with Gasteiger partial charge in [0.05, 0.1) is 12.7 Å². The molecule has 1 aliphatic rings. The van der Waals surface area contributed by atoms with Crippen LogP contribution in [0.15, 0.2) is 0 Å². The van der Waals surface area contributed by atoms with Crippen molar-refractivity contribution in [3.63, 3.8) is 0 Å². The molecule has 0 radical (unpaired) electrons. The molecule has 0 aromatic heterocycles. The molecule has 0 bridgehead atoms. The fraction of sp³-hybridized carbons (Fsp3) is 0.933. The maximum atomic E-state index is 12.1. The lowest BCUT2D eigenvalue weighted by molar-refractivity contribution is -0.143. The molecule has 1 heterocycles. The van der Waals surface area contributed by atoms with E-state index in [0.29, 0.717) is 19.1 Å². The summed E-state index contributed by atoms with van der Waals surface area (Å²) in [7, 11) is 1.81. The first kappa shape index (κ1) is 17.4. The Bertz CT molecular complexity index is 277. The zero-order chi connectivity index (χ0) is 15.1. The fourth-order valence-electron chi connectivity index (χ4n) is 2.20. The summed E-state index contributed by atoms with van der Waals surface area (Å²) in [4.78, 5) is 13.9. The highest BCUT2D eigenvalue weighted by Crippen LogP contribution is 2.13. The first-order chi connectivity index (χ1) is 9.41. The minimum absolute atomic E-state index is 0.0129. The standard InChI is InChI=1S/C15H30N2O3/c1-11(2)14(16)7-8-17(4)15(18)12(3)20-10-13-6-5-9-19-13/h11-14H,5-10,16H2,1-4H3. The summed E-state index contributed by atoms with van der Waals surface area (Å²) in [6.07, 6.45) is 2.67. The van der Waals surface area contributed by atoms with Gasteiger partial charge in [-0.2, -0.15) is 0 Å². The van der Waals surface area contributed by atoms with E-state index in [2.05, 4.69) is 13.8 Å². The number of ether oxygens (including phenoxy) is 2. The van der Waals surface area contributed by atoms with Crippen molar-refractivity contribution in [1.82, 2.24) is 4.90 Å². The summed E-state index contributed by atoms with van der Waals surface area (Å²) >= 11 is 0. The summed E-state index contributed by atoms with van der Waals surface area (Å²) < 4.78 is 11.1. The predicted molar refractivity (Wildman–Crippen MR) is 79.5 cm³/mol. The van der Waals surface area contributed by atoms with Crippen molar-refractivity contribution in [2.24, 2.45) is 11.7 Å². The average molecular weight is 286 g/mol. The third kappa shape index (κ3) is 5.77. The fourth-order valence-corrected chi connectivity index (χ4v) is 2.20. The highest BCUT2D eigenvalue weighted by atomic mass is 16.5. The third-order valence-electron chi connectivity index (χ3n) is 3.93. The zero-order valence-corrected chi connectivity index (χ0v) is 13.3. The summed E-state index contributed by atoms with van der Waals surface area (Å²) in [6.45, 7) is 7.98. The van der Waals surface area contributed by atoms with E-state index in [9.17, 15) is 4.79 Å². The van der Waals surface area contributed by atoms with Gasteiger partial charge in [-0.1, -0.05) is 13.8 Å². The van der Waals surface area contributed by atoms with Crippen LogP contribution in [-0.2, 0) is 14.3 Å². The molecule has 0 aliphatic carbocycles. The molecule has 5 heteroatoms. The molecule has 1 saturated heterocycles. The van der Waals surface area contributed by atoms with Crippen molar-refractivity contribution < 1.29 is 14.3 Å². The molecule has 20 heavy (non-hydrogen) atoms. The van der Waals surface area contributed by atoms with Crippen LogP contribution in [0.4, 0.5) is 0 Å². The molecule has 0 aromatic carbocycles. The lowest BCUT2D eigenvalue weighted by atomic mass is 10.0. The average Bonchev–Trinajstić information content (AvgIpc) is 2.93. The predicted octanol–water partition coefficient (Wildman–Crippen LogP) is 1.40. The molecule has 1 rings (SSSR count). The van der Waals surface area contributed by atoms with Gasteiger partial charge in [-0.3, -0.25) is 4.79 Å². The first-order valence-electron chi connectivity index (χ1n) is 7.65. The van der Waals surface area contributed by atoms with E-state index in [1.807, 2.05) is 0 Å². The van der Waals surface area contributed by atoms with Crippen molar-refractivity contribution in [3.8, 4) is 0 Å². The molecule has 2 N–H and O–H groups in total. The maximum absolute atomic E-state index is 12.1. The van der Waals surface area contributed by atoms with Gasteiger partial charge in [0, 0.05) is 26.2 Å². The minimum Gasteiger partial charge on any atom is -0.376 e. The number of carbonyl (C=O) groups excluding carboxylic acids is 1. The quantitative estimate of drug-likeness (QED) is 0.732. The van der Waals surface area contributed by atoms with E-state index in [-0.39, 0.29) is 18.1 Å². The number of likely N-dealkylation sites (N-methyl/N-ethyl adjacent to an activating group) is 1. The Hall–Kier alpha value is -0.650. The van der Waals surface area contributed by atoms with Crippen LogP contribution in [0.3, 0.4) is 0 Å². The molecule has 0 saturated carbocycles. The van der Waals surface area contributed by atoms with Gasteiger partial charge in [-0.05, 0) is 32.1 Å². The van der Waals surface area contributed by atoms with Gasteiger partial charge in [0.15, 0.2) is 0 Å². The molecular weight excluding hydrogens is 256 g/mol. The Morgan fingerprint density at radius 3 is 2.70 bits per heavy atom. The lowest BCUT2D eigenvalue weighted by Crippen LogP contribution is -2.40. The Morgan fingerprint density at radius 1 is 1.45 bits per heavy atom. The zero-order valence-electron chi connectivity index (χ0n) is 13.3. The number of rotatable bonds is 8. The SMILES string of the molecule is CC(OCC1CCCO1)C(=O)N(C)CCC(N)C(C)C. The van der Waals surface area contributed by atoms with Crippen LogP contribution in [0.1, 0.15) is 40.0 Å². The van der Waals surface area contributed by atoms with Crippen LogP contribution in [0.5, 0.6) is 0 Å². The number of nitrogens with two attached hydrogens (primary N) is 1. The molecule has 0 aromatic rings. The second-order valence-corrected chi connectivity index (χ2v) is 6.07. The van der Waals surface area contributed by atoms with E-state index in [1.54, 1.807) is 18.9 Å². The van der Waals surface area contributed by atoms with Crippen LogP contribution < -0.4 is 5.73 Å².